The minimum atomic E-state index is -3.22. The number of likely N-dealkylation sites (tertiary alicyclic amines) is 1. The minimum absolute atomic E-state index is 0.152. The SMILES string of the molecule is CC1(C)CN(Cc2ccccc2)CC(=Cc2ccc(S(C)(=O)=O)cc2)C1=O. The van der Waals surface area contributed by atoms with E-state index in [4.69, 9.17) is 0 Å². The first kappa shape index (κ1) is 19.5. The number of piperidine rings is 1. The number of ketones is 1. The summed E-state index contributed by atoms with van der Waals surface area (Å²) >= 11 is 0. The molecule has 0 spiro atoms. The lowest BCUT2D eigenvalue weighted by atomic mass is 9.79. The second-order valence-corrected chi connectivity index (χ2v) is 9.87. The van der Waals surface area contributed by atoms with Gasteiger partial charge in [-0.3, -0.25) is 9.69 Å². The van der Waals surface area contributed by atoms with Gasteiger partial charge >= 0.3 is 0 Å². The maximum Gasteiger partial charge on any atom is 0.175 e. The Morgan fingerprint density at radius 3 is 2.26 bits per heavy atom. The highest BCUT2D eigenvalue weighted by Crippen LogP contribution is 2.30. The van der Waals surface area contributed by atoms with Crippen molar-refractivity contribution in [2.45, 2.75) is 25.3 Å². The number of benzene rings is 2. The Morgan fingerprint density at radius 2 is 1.67 bits per heavy atom. The molecule has 1 saturated heterocycles. The summed E-state index contributed by atoms with van der Waals surface area (Å²) in [7, 11) is -3.22. The smallest absolute Gasteiger partial charge is 0.175 e. The van der Waals surface area contributed by atoms with Gasteiger partial charge in [0.15, 0.2) is 15.6 Å². The van der Waals surface area contributed by atoms with Crippen molar-refractivity contribution in [3.8, 4) is 0 Å². The van der Waals surface area contributed by atoms with Gasteiger partial charge < -0.3 is 0 Å². The molecule has 0 bridgehead atoms. The fourth-order valence-electron chi connectivity index (χ4n) is 3.51. The first-order valence-electron chi connectivity index (χ1n) is 8.97. The van der Waals surface area contributed by atoms with Crippen LogP contribution in [-0.4, -0.2) is 38.4 Å². The van der Waals surface area contributed by atoms with Gasteiger partial charge in [-0.05, 0) is 29.3 Å². The van der Waals surface area contributed by atoms with Crippen molar-refractivity contribution in [1.29, 1.82) is 0 Å². The normalized spacial score (nSPS) is 19.4. The quantitative estimate of drug-likeness (QED) is 0.757. The van der Waals surface area contributed by atoms with Gasteiger partial charge in [0.05, 0.1) is 4.90 Å². The fraction of sp³-hybridized carbons (Fsp3) is 0.318. The molecule has 0 aliphatic carbocycles. The molecule has 1 aliphatic heterocycles. The van der Waals surface area contributed by atoms with E-state index in [1.165, 1.54) is 11.8 Å². The maximum absolute atomic E-state index is 12.9. The third-order valence-corrected chi connectivity index (χ3v) is 5.95. The van der Waals surface area contributed by atoms with E-state index in [-0.39, 0.29) is 10.7 Å². The molecular formula is C22H25NO3S. The average Bonchev–Trinajstić information content (AvgIpc) is 2.59. The molecule has 1 heterocycles. The van der Waals surface area contributed by atoms with Gasteiger partial charge in [-0.2, -0.15) is 0 Å². The molecule has 0 N–H and O–H groups in total. The molecule has 142 valence electrons. The van der Waals surface area contributed by atoms with Crippen LogP contribution in [0.5, 0.6) is 0 Å². The molecule has 1 fully saturated rings. The van der Waals surface area contributed by atoms with Crippen LogP contribution in [0.25, 0.3) is 6.08 Å². The van der Waals surface area contributed by atoms with Crippen LogP contribution in [0.1, 0.15) is 25.0 Å². The van der Waals surface area contributed by atoms with Gasteiger partial charge in [0.1, 0.15) is 0 Å². The molecule has 1 aliphatic rings. The van der Waals surface area contributed by atoms with Crippen LogP contribution in [-0.2, 0) is 21.2 Å². The van der Waals surface area contributed by atoms with E-state index in [1.54, 1.807) is 24.3 Å². The van der Waals surface area contributed by atoms with E-state index in [2.05, 4.69) is 17.0 Å². The number of hydrogen-bond acceptors (Lipinski definition) is 4. The Labute approximate surface area is 161 Å². The lowest BCUT2D eigenvalue weighted by molar-refractivity contribution is -0.126. The topological polar surface area (TPSA) is 54.5 Å². The van der Waals surface area contributed by atoms with Gasteiger partial charge in [-0.25, -0.2) is 8.42 Å². The predicted octanol–water partition coefficient (Wildman–Crippen LogP) is 3.58. The summed E-state index contributed by atoms with van der Waals surface area (Å²) < 4.78 is 23.2. The van der Waals surface area contributed by atoms with Gasteiger partial charge in [0, 0.05) is 36.9 Å². The Bertz CT molecular complexity index is 958. The first-order chi connectivity index (χ1) is 12.6. The number of rotatable bonds is 4. The summed E-state index contributed by atoms with van der Waals surface area (Å²) in [6.07, 6.45) is 3.07. The second kappa shape index (κ2) is 7.41. The lowest BCUT2D eigenvalue weighted by Gasteiger charge is -2.38. The van der Waals surface area contributed by atoms with Crippen LogP contribution in [0.4, 0.5) is 0 Å². The zero-order chi connectivity index (χ0) is 19.7. The van der Waals surface area contributed by atoms with E-state index in [9.17, 15) is 13.2 Å². The number of nitrogens with zero attached hydrogens (tertiary/aromatic N) is 1. The molecular weight excluding hydrogens is 358 g/mol. The molecule has 0 saturated carbocycles. The zero-order valence-corrected chi connectivity index (χ0v) is 16.8. The average molecular weight is 384 g/mol. The predicted molar refractivity (Wildman–Crippen MR) is 108 cm³/mol. The van der Waals surface area contributed by atoms with Crippen molar-refractivity contribution in [1.82, 2.24) is 4.90 Å². The van der Waals surface area contributed by atoms with Crippen molar-refractivity contribution >= 4 is 21.7 Å². The largest absolute Gasteiger partial charge is 0.294 e. The van der Waals surface area contributed by atoms with Crippen molar-refractivity contribution in [3.05, 3.63) is 71.3 Å². The summed E-state index contributed by atoms with van der Waals surface area (Å²) in [4.78, 5) is 15.5. The zero-order valence-electron chi connectivity index (χ0n) is 16.0. The van der Waals surface area contributed by atoms with Gasteiger partial charge in [0.2, 0.25) is 0 Å². The standard InChI is InChI=1S/C22H25NO3S/c1-22(2)16-23(14-18-7-5-4-6-8-18)15-19(21(22)24)13-17-9-11-20(12-10-17)27(3,25)26/h4-13H,14-16H2,1-3H3. The highest BCUT2D eigenvalue weighted by atomic mass is 32.2. The number of carbonyl (C=O) groups is 1. The van der Waals surface area contributed by atoms with Gasteiger partial charge in [0.25, 0.3) is 0 Å². The highest BCUT2D eigenvalue weighted by Gasteiger charge is 2.37. The van der Waals surface area contributed by atoms with Crippen LogP contribution >= 0.6 is 0 Å². The van der Waals surface area contributed by atoms with Crippen LogP contribution in [0.15, 0.2) is 65.1 Å². The number of Topliss-reactive ketones (excluding diaryl/α,β-unsaturated/α-hetero) is 1. The van der Waals surface area contributed by atoms with Gasteiger partial charge in [-0.15, -0.1) is 0 Å². The molecule has 0 unspecified atom stereocenters. The van der Waals surface area contributed by atoms with Crippen LogP contribution in [0.3, 0.4) is 0 Å². The Kier molecular flexibility index (Phi) is 5.36. The maximum atomic E-state index is 12.9. The third kappa shape index (κ3) is 4.73. The number of hydrogen-bond donors (Lipinski definition) is 0. The molecule has 0 radical (unpaired) electrons. The fourth-order valence-corrected chi connectivity index (χ4v) is 4.14. The van der Waals surface area contributed by atoms with E-state index >= 15 is 0 Å². The van der Waals surface area contributed by atoms with Crippen LogP contribution < -0.4 is 0 Å². The van der Waals surface area contributed by atoms with Crippen LogP contribution in [0, 0.1) is 5.41 Å². The van der Waals surface area contributed by atoms with Gasteiger partial charge in [-0.1, -0.05) is 56.3 Å². The molecule has 0 atom stereocenters. The monoisotopic (exact) mass is 383 g/mol. The molecule has 5 heteroatoms. The summed E-state index contributed by atoms with van der Waals surface area (Å²) in [6, 6.07) is 16.9. The second-order valence-electron chi connectivity index (χ2n) is 7.85. The molecule has 0 aromatic heterocycles. The van der Waals surface area contributed by atoms with Crippen molar-refractivity contribution in [2.75, 3.05) is 19.3 Å². The van der Waals surface area contributed by atoms with Crippen molar-refractivity contribution in [3.63, 3.8) is 0 Å². The highest BCUT2D eigenvalue weighted by molar-refractivity contribution is 7.90. The van der Waals surface area contributed by atoms with E-state index in [1.807, 2.05) is 38.1 Å². The molecule has 2 aromatic rings. The summed E-state index contributed by atoms with van der Waals surface area (Å²) in [5.74, 6) is 0.152. The van der Waals surface area contributed by atoms with E-state index in [0.29, 0.717) is 13.1 Å². The van der Waals surface area contributed by atoms with Crippen LogP contribution in [0.2, 0.25) is 0 Å². The molecule has 3 rings (SSSR count). The minimum Gasteiger partial charge on any atom is -0.294 e. The summed E-state index contributed by atoms with van der Waals surface area (Å²) in [6.45, 7) is 6.05. The first-order valence-corrected chi connectivity index (χ1v) is 10.9. The van der Waals surface area contributed by atoms with Crippen molar-refractivity contribution < 1.29 is 13.2 Å². The Balaban J connectivity index is 1.86. The van der Waals surface area contributed by atoms with E-state index in [0.717, 1.165) is 17.7 Å². The summed E-state index contributed by atoms with van der Waals surface area (Å²) in [5.41, 5.74) is 2.36. The van der Waals surface area contributed by atoms with Crippen molar-refractivity contribution in [2.24, 2.45) is 5.41 Å². The molecule has 27 heavy (non-hydrogen) atoms. The number of sulfone groups is 1. The molecule has 4 nitrogen and oxygen atoms in total. The molecule has 0 amide bonds. The van der Waals surface area contributed by atoms with E-state index < -0.39 is 15.3 Å². The third-order valence-electron chi connectivity index (χ3n) is 4.82. The lowest BCUT2D eigenvalue weighted by Crippen LogP contribution is -2.47. The Morgan fingerprint density at radius 1 is 1.04 bits per heavy atom. The number of carbonyl (C=O) groups excluding carboxylic acids is 1. The Hall–Kier alpha value is -2.24. The summed E-state index contributed by atoms with van der Waals surface area (Å²) in [5, 5.41) is 0. The molecule has 2 aromatic carbocycles.